The SMILES string of the molecule is CCOC(=O)C1(c2ccc(-c3ccccc3)c(-c3sc(Cl)cc3NC(=O)OC(C)c3ccccc3F)c2)CC1. The zero-order chi connectivity index (χ0) is 27.6. The molecule has 1 fully saturated rings. The van der Waals surface area contributed by atoms with Gasteiger partial charge in [-0.25, -0.2) is 9.18 Å². The summed E-state index contributed by atoms with van der Waals surface area (Å²) in [6.45, 7) is 3.73. The number of hydrogen-bond donors (Lipinski definition) is 1. The van der Waals surface area contributed by atoms with Crippen molar-refractivity contribution in [2.75, 3.05) is 11.9 Å². The van der Waals surface area contributed by atoms with E-state index in [1.807, 2.05) is 48.5 Å². The number of rotatable bonds is 8. The summed E-state index contributed by atoms with van der Waals surface area (Å²) in [6, 6.07) is 23.7. The highest BCUT2D eigenvalue weighted by atomic mass is 35.5. The lowest BCUT2D eigenvalue weighted by Gasteiger charge is -2.19. The number of thiophene rings is 1. The number of carbonyl (C=O) groups is 2. The fraction of sp³-hybridized carbons (Fsp3) is 0.226. The van der Waals surface area contributed by atoms with Crippen LogP contribution >= 0.6 is 22.9 Å². The van der Waals surface area contributed by atoms with Gasteiger partial charge in [0.2, 0.25) is 0 Å². The average Bonchev–Trinajstić information content (AvgIpc) is 3.67. The predicted octanol–water partition coefficient (Wildman–Crippen LogP) is 8.78. The van der Waals surface area contributed by atoms with Gasteiger partial charge >= 0.3 is 12.1 Å². The molecular formula is C31H27ClFNO4S. The molecule has 39 heavy (non-hydrogen) atoms. The lowest BCUT2D eigenvalue weighted by atomic mass is 9.89. The molecule has 1 N–H and O–H groups in total. The molecule has 1 aliphatic carbocycles. The first-order valence-electron chi connectivity index (χ1n) is 12.7. The van der Waals surface area contributed by atoms with Crippen molar-refractivity contribution >= 4 is 40.7 Å². The lowest BCUT2D eigenvalue weighted by Crippen LogP contribution is -2.23. The number of halogens is 2. The monoisotopic (exact) mass is 563 g/mol. The number of nitrogens with one attached hydrogen (secondary N) is 1. The van der Waals surface area contributed by atoms with E-state index in [1.54, 1.807) is 38.1 Å². The summed E-state index contributed by atoms with van der Waals surface area (Å²) in [5, 5.41) is 2.80. The molecule has 200 valence electrons. The number of hydrogen-bond acceptors (Lipinski definition) is 5. The zero-order valence-corrected chi connectivity index (χ0v) is 23.1. The van der Waals surface area contributed by atoms with Crippen LogP contribution in [0.1, 0.15) is 43.9 Å². The smallest absolute Gasteiger partial charge is 0.412 e. The molecule has 1 saturated carbocycles. The van der Waals surface area contributed by atoms with Crippen LogP contribution in [0.5, 0.6) is 0 Å². The van der Waals surface area contributed by atoms with Gasteiger partial charge in [-0.15, -0.1) is 11.3 Å². The molecule has 0 bridgehead atoms. The van der Waals surface area contributed by atoms with Crippen LogP contribution in [0.25, 0.3) is 21.6 Å². The molecule has 1 atom stereocenters. The molecule has 1 aromatic heterocycles. The highest BCUT2D eigenvalue weighted by Gasteiger charge is 2.53. The number of amides is 1. The molecule has 8 heteroatoms. The Morgan fingerprint density at radius 1 is 1.03 bits per heavy atom. The molecule has 0 saturated heterocycles. The molecule has 5 rings (SSSR count). The summed E-state index contributed by atoms with van der Waals surface area (Å²) < 4.78 is 25.5. The van der Waals surface area contributed by atoms with Crippen LogP contribution < -0.4 is 5.32 Å². The molecule has 4 aromatic rings. The summed E-state index contributed by atoms with van der Waals surface area (Å²) in [7, 11) is 0. The van der Waals surface area contributed by atoms with E-state index < -0.39 is 23.4 Å². The van der Waals surface area contributed by atoms with Gasteiger partial charge in [-0.1, -0.05) is 72.3 Å². The highest BCUT2D eigenvalue weighted by Crippen LogP contribution is 2.52. The standard InChI is InChI=1S/C31H27ClFNO4S/c1-3-37-29(35)31(15-16-31)21-13-14-23(20-9-5-4-6-10-20)24(17-21)28-26(18-27(32)39-28)34-30(36)38-19(2)22-11-7-8-12-25(22)33/h4-14,17-19H,3,15-16H2,1-2H3,(H,34,36). The van der Waals surface area contributed by atoms with Gasteiger partial charge in [0.05, 0.1) is 26.9 Å². The molecular weight excluding hydrogens is 537 g/mol. The van der Waals surface area contributed by atoms with E-state index in [0.717, 1.165) is 27.1 Å². The van der Waals surface area contributed by atoms with E-state index in [4.69, 9.17) is 21.1 Å². The van der Waals surface area contributed by atoms with Crippen LogP contribution in [0, 0.1) is 5.82 Å². The minimum atomic E-state index is -0.800. The zero-order valence-electron chi connectivity index (χ0n) is 21.5. The molecule has 0 radical (unpaired) electrons. The van der Waals surface area contributed by atoms with Gasteiger partial charge in [0.1, 0.15) is 11.9 Å². The fourth-order valence-corrected chi connectivity index (χ4v) is 5.94. The molecule has 1 heterocycles. The summed E-state index contributed by atoms with van der Waals surface area (Å²) in [4.78, 5) is 26.5. The Labute approximate surface area is 235 Å². The van der Waals surface area contributed by atoms with Gasteiger partial charge in [-0.3, -0.25) is 10.1 Å². The van der Waals surface area contributed by atoms with Crippen LogP contribution in [0.4, 0.5) is 14.9 Å². The second-order valence-corrected chi connectivity index (χ2v) is 11.1. The van der Waals surface area contributed by atoms with Crippen LogP contribution in [0.15, 0.2) is 78.9 Å². The number of anilines is 1. The third-order valence-corrected chi connectivity index (χ3v) is 8.18. The van der Waals surface area contributed by atoms with Crippen LogP contribution in [0.2, 0.25) is 4.34 Å². The highest BCUT2D eigenvalue weighted by molar-refractivity contribution is 7.20. The average molecular weight is 564 g/mol. The van der Waals surface area contributed by atoms with Crippen molar-refractivity contribution in [3.05, 3.63) is 100 Å². The second-order valence-electron chi connectivity index (χ2n) is 9.42. The summed E-state index contributed by atoms with van der Waals surface area (Å²) in [5.74, 6) is -0.673. The number of ether oxygens (including phenoxy) is 2. The van der Waals surface area contributed by atoms with Gasteiger partial charge in [0, 0.05) is 11.1 Å². The molecule has 0 spiro atoms. The molecule has 3 aromatic carbocycles. The van der Waals surface area contributed by atoms with Crippen molar-refractivity contribution in [1.82, 2.24) is 0 Å². The predicted molar refractivity (Wildman–Crippen MR) is 153 cm³/mol. The molecule has 1 aliphatic rings. The first-order valence-corrected chi connectivity index (χ1v) is 13.9. The van der Waals surface area contributed by atoms with Crippen molar-refractivity contribution in [2.24, 2.45) is 0 Å². The third-order valence-electron chi connectivity index (χ3n) is 6.88. The lowest BCUT2D eigenvalue weighted by molar-refractivity contribution is -0.146. The Balaban J connectivity index is 1.51. The maximum atomic E-state index is 14.2. The van der Waals surface area contributed by atoms with Crippen molar-refractivity contribution in [3.63, 3.8) is 0 Å². The van der Waals surface area contributed by atoms with Crippen molar-refractivity contribution in [1.29, 1.82) is 0 Å². The normalized spacial score (nSPS) is 14.4. The number of benzene rings is 3. The van der Waals surface area contributed by atoms with Gasteiger partial charge in [0.15, 0.2) is 0 Å². The minimum absolute atomic E-state index is 0.225. The van der Waals surface area contributed by atoms with Gasteiger partial charge < -0.3 is 9.47 Å². The maximum Gasteiger partial charge on any atom is 0.412 e. The third kappa shape index (κ3) is 5.56. The van der Waals surface area contributed by atoms with Gasteiger partial charge in [-0.2, -0.15) is 0 Å². The number of esters is 1. The van der Waals surface area contributed by atoms with E-state index >= 15 is 0 Å². The molecule has 0 aliphatic heterocycles. The minimum Gasteiger partial charge on any atom is -0.465 e. The molecule has 1 amide bonds. The van der Waals surface area contributed by atoms with Crippen LogP contribution in [0.3, 0.4) is 0 Å². The van der Waals surface area contributed by atoms with Crippen LogP contribution in [-0.4, -0.2) is 18.7 Å². The Morgan fingerprint density at radius 3 is 2.44 bits per heavy atom. The summed E-state index contributed by atoms with van der Waals surface area (Å²) in [6.07, 6.45) is -0.102. The van der Waals surface area contributed by atoms with Crippen LogP contribution in [-0.2, 0) is 19.7 Å². The second kappa shape index (κ2) is 11.2. The van der Waals surface area contributed by atoms with E-state index in [9.17, 15) is 14.0 Å². The van der Waals surface area contributed by atoms with Crippen molar-refractivity contribution in [3.8, 4) is 21.6 Å². The Bertz CT molecular complexity index is 1520. The Morgan fingerprint density at radius 2 is 1.74 bits per heavy atom. The van der Waals surface area contributed by atoms with Gasteiger partial charge in [-0.05, 0) is 61.6 Å². The molecule has 1 unspecified atom stereocenters. The maximum absolute atomic E-state index is 14.2. The Hall–Kier alpha value is -3.68. The van der Waals surface area contributed by atoms with Crippen molar-refractivity contribution in [2.45, 2.75) is 38.2 Å². The van der Waals surface area contributed by atoms with E-state index in [-0.39, 0.29) is 11.5 Å². The van der Waals surface area contributed by atoms with E-state index in [2.05, 4.69) is 5.32 Å². The van der Waals surface area contributed by atoms with Gasteiger partial charge in [0.25, 0.3) is 0 Å². The van der Waals surface area contributed by atoms with Crippen molar-refractivity contribution < 1.29 is 23.5 Å². The van der Waals surface area contributed by atoms with E-state index in [0.29, 0.717) is 29.5 Å². The quantitative estimate of drug-likeness (QED) is 0.218. The summed E-state index contributed by atoms with van der Waals surface area (Å²) in [5.41, 5.74) is 3.67. The Kier molecular flexibility index (Phi) is 7.73. The first kappa shape index (κ1) is 26.9. The topological polar surface area (TPSA) is 64.6 Å². The number of carbonyl (C=O) groups excluding carboxylic acids is 2. The fourth-order valence-electron chi connectivity index (χ4n) is 4.73. The largest absolute Gasteiger partial charge is 0.465 e. The van der Waals surface area contributed by atoms with E-state index in [1.165, 1.54) is 17.4 Å². The first-order chi connectivity index (χ1) is 18.8. The summed E-state index contributed by atoms with van der Waals surface area (Å²) >= 11 is 7.77. The molecule has 5 nitrogen and oxygen atoms in total.